The fourth-order valence-corrected chi connectivity index (χ4v) is 6.01. The predicted molar refractivity (Wildman–Crippen MR) is 196 cm³/mol. The SMILES string of the molecule is CCCCCC=CCC=CCCCCCCCCNC(=O)C1CCCN1C(=O)CCCCCCCC=CCC=CCCCCC. The van der Waals surface area contributed by atoms with Crippen LogP contribution in [-0.4, -0.2) is 35.8 Å². The average molecular weight is 625 g/mol. The van der Waals surface area contributed by atoms with Gasteiger partial charge in [0, 0.05) is 19.5 Å². The van der Waals surface area contributed by atoms with Gasteiger partial charge in [-0.15, -0.1) is 0 Å². The Morgan fingerprint density at radius 1 is 0.578 bits per heavy atom. The van der Waals surface area contributed by atoms with Gasteiger partial charge in [-0.05, 0) is 89.9 Å². The number of nitrogens with zero attached hydrogens (tertiary/aromatic N) is 1. The molecule has 45 heavy (non-hydrogen) atoms. The highest BCUT2D eigenvalue weighted by molar-refractivity contribution is 5.88. The van der Waals surface area contributed by atoms with Crippen LogP contribution >= 0.6 is 0 Å². The van der Waals surface area contributed by atoms with Gasteiger partial charge in [0.05, 0.1) is 0 Å². The Hall–Kier alpha value is -2.10. The van der Waals surface area contributed by atoms with Crippen LogP contribution in [0.5, 0.6) is 0 Å². The molecule has 1 fully saturated rings. The number of likely N-dealkylation sites (tertiary alicyclic amines) is 1. The van der Waals surface area contributed by atoms with Gasteiger partial charge in [0.1, 0.15) is 6.04 Å². The number of unbranched alkanes of at least 4 members (excludes halogenated alkanes) is 17. The van der Waals surface area contributed by atoms with Gasteiger partial charge in [-0.2, -0.15) is 0 Å². The second kappa shape index (κ2) is 31.9. The summed E-state index contributed by atoms with van der Waals surface area (Å²) in [7, 11) is 0. The number of amides is 2. The van der Waals surface area contributed by atoms with Crippen molar-refractivity contribution in [3.05, 3.63) is 48.6 Å². The van der Waals surface area contributed by atoms with E-state index in [1.807, 2.05) is 4.90 Å². The molecule has 1 heterocycles. The molecule has 1 atom stereocenters. The number of carbonyl (C=O) groups is 2. The van der Waals surface area contributed by atoms with Crippen molar-refractivity contribution >= 4 is 11.8 Å². The molecular formula is C41H72N2O2. The quantitative estimate of drug-likeness (QED) is 0.0638. The van der Waals surface area contributed by atoms with Crippen LogP contribution in [0.4, 0.5) is 0 Å². The molecule has 1 rings (SSSR count). The molecule has 0 saturated carbocycles. The standard InChI is InChI=1S/C41H72N2O2/c1-3-5-7-9-11-13-15-17-19-21-23-25-27-29-31-33-37-42-41(45)39-35-34-38-43(39)40(44)36-32-30-28-26-24-22-20-18-16-14-12-10-8-6-4-2/h11-14,17-20,39H,3-10,15-16,21-38H2,1-2H3,(H,42,45). The van der Waals surface area contributed by atoms with Crippen LogP contribution < -0.4 is 5.32 Å². The van der Waals surface area contributed by atoms with E-state index in [9.17, 15) is 9.59 Å². The Kier molecular flexibility index (Phi) is 29.0. The van der Waals surface area contributed by atoms with Crippen LogP contribution in [0.25, 0.3) is 0 Å². The average Bonchev–Trinajstić information content (AvgIpc) is 3.55. The van der Waals surface area contributed by atoms with E-state index in [4.69, 9.17) is 0 Å². The van der Waals surface area contributed by atoms with Crippen molar-refractivity contribution in [2.24, 2.45) is 0 Å². The van der Waals surface area contributed by atoms with Gasteiger partial charge in [-0.1, -0.05) is 133 Å². The highest BCUT2D eigenvalue weighted by Crippen LogP contribution is 2.20. The van der Waals surface area contributed by atoms with Crippen LogP contribution in [0.2, 0.25) is 0 Å². The smallest absolute Gasteiger partial charge is 0.242 e. The summed E-state index contributed by atoms with van der Waals surface area (Å²) in [4.78, 5) is 27.5. The maximum absolute atomic E-state index is 12.9. The van der Waals surface area contributed by atoms with E-state index in [1.54, 1.807) is 0 Å². The van der Waals surface area contributed by atoms with Gasteiger partial charge in [0.15, 0.2) is 0 Å². The number of hydrogen-bond acceptors (Lipinski definition) is 2. The third kappa shape index (κ3) is 24.8. The zero-order valence-electron chi connectivity index (χ0n) is 29.8. The maximum Gasteiger partial charge on any atom is 0.242 e. The lowest BCUT2D eigenvalue weighted by Gasteiger charge is -2.24. The Morgan fingerprint density at radius 2 is 1.02 bits per heavy atom. The number of hydrogen-bond donors (Lipinski definition) is 1. The minimum Gasteiger partial charge on any atom is -0.354 e. The summed E-state index contributed by atoms with van der Waals surface area (Å²) in [6.45, 7) is 5.97. The van der Waals surface area contributed by atoms with Crippen molar-refractivity contribution in [3.63, 3.8) is 0 Å². The highest BCUT2D eigenvalue weighted by atomic mass is 16.2. The monoisotopic (exact) mass is 625 g/mol. The van der Waals surface area contributed by atoms with E-state index >= 15 is 0 Å². The molecule has 1 aliphatic heterocycles. The van der Waals surface area contributed by atoms with E-state index in [2.05, 4.69) is 67.8 Å². The van der Waals surface area contributed by atoms with Crippen molar-refractivity contribution in [2.45, 2.75) is 187 Å². The van der Waals surface area contributed by atoms with Crippen molar-refractivity contribution in [2.75, 3.05) is 13.1 Å². The van der Waals surface area contributed by atoms with Crippen molar-refractivity contribution in [1.82, 2.24) is 10.2 Å². The Balaban J connectivity index is 1.98. The van der Waals surface area contributed by atoms with Crippen LogP contribution in [0.3, 0.4) is 0 Å². The molecule has 0 spiro atoms. The van der Waals surface area contributed by atoms with Crippen molar-refractivity contribution in [3.8, 4) is 0 Å². The molecular weight excluding hydrogens is 552 g/mol. The van der Waals surface area contributed by atoms with Gasteiger partial charge < -0.3 is 10.2 Å². The van der Waals surface area contributed by atoms with Gasteiger partial charge in [-0.25, -0.2) is 0 Å². The summed E-state index contributed by atoms with van der Waals surface area (Å²) >= 11 is 0. The molecule has 0 aromatic rings. The molecule has 0 aromatic carbocycles. The van der Waals surface area contributed by atoms with E-state index < -0.39 is 0 Å². The zero-order chi connectivity index (χ0) is 32.5. The van der Waals surface area contributed by atoms with Crippen LogP contribution in [0.15, 0.2) is 48.6 Å². The zero-order valence-corrected chi connectivity index (χ0v) is 29.8. The fourth-order valence-electron chi connectivity index (χ4n) is 6.01. The molecule has 4 heteroatoms. The lowest BCUT2D eigenvalue weighted by molar-refractivity contribution is -0.138. The molecule has 258 valence electrons. The topological polar surface area (TPSA) is 49.4 Å². The first-order valence-electron chi connectivity index (χ1n) is 19.4. The molecule has 0 aromatic heterocycles. The van der Waals surface area contributed by atoms with Gasteiger partial charge >= 0.3 is 0 Å². The molecule has 0 aliphatic carbocycles. The van der Waals surface area contributed by atoms with Gasteiger partial charge in [0.2, 0.25) is 11.8 Å². The van der Waals surface area contributed by atoms with Crippen LogP contribution in [0.1, 0.15) is 181 Å². The Morgan fingerprint density at radius 3 is 1.53 bits per heavy atom. The highest BCUT2D eigenvalue weighted by Gasteiger charge is 2.33. The molecule has 4 nitrogen and oxygen atoms in total. The lowest BCUT2D eigenvalue weighted by atomic mass is 10.1. The number of rotatable bonds is 30. The molecule has 1 aliphatic rings. The van der Waals surface area contributed by atoms with Crippen molar-refractivity contribution in [1.29, 1.82) is 0 Å². The summed E-state index contributed by atoms with van der Waals surface area (Å²) in [6.07, 6.45) is 48.6. The molecule has 1 unspecified atom stereocenters. The van der Waals surface area contributed by atoms with Crippen LogP contribution in [0, 0.1) is 0 Å². The molecule has 2 amide bonds. The number of nitrogens with one attached hydrogen (secondary N) is 1. The molecule has 0 bridgehead atoms. The molecule has 1 N–H and O–H groups in total. The molecule has 0 radical (unpaired) electrons. The largest absolute Gasteiger partial charge is 0.354 e. The first kappa shape index (κ1) is 40.9. The summed E-state index contributed by atoms with van der Waals surface area (Å²) in [5, 5.41) is 3.12. The van der Waals surface area contributed by atoms with Gasteiger partial charge in [-0.3, -0.25) is 9.59 Å². The van der Waals surface area contributed by atoms with E-state index in [-0.39, 0.29) is 17.9 Å². The normalized spacial score (nSPS) is 15.5. The maximum atomic E-state index is 12.9. The van der Waals surface area contributed by atoms with Crippen LogP contribution in [-0.2, 0) is 9.59 Å². The minimum absolute atomic E-state index is 0.0588. The number of allylic oxidation sites excluding steroid dienone is 8. The van der Waals surface area contributed by atoms with Gasteiger partial charge in [0.25, 0.3) is 0 Å². The fraction of sp³-hybridized carbons (Fsp3) is 0.756. The number of carbonyl (C=O) groups excluding carboxylic acids is 2. The lowest BCUT2D eigenvalue weighted by Crippen LogP contribution is -2.46. The van der Waals surface area contributed by atoms with E-state index in [1.165, 1.54) is 109 Å². The summed E-state index contributed by atoms with van der Waals surface area (Å²) in [6, 6.07) is -0.250. The first-order chi connectivity index (χ1) is 22.2. The Bertz CT molecular complexity index is 812. The third-order valence-corrected chi connectivity index (χ3v) is 8.89. The van der Waals surface area contributed by atoms with E-state index in [0.717, 1.165) is 64.5 Å². The second-order valence-corrected chi connectivity index (χ2v) is 13.1. The summed E-state index contributed by atoms with van der Waals surface area (Å²) in [5.74, 6) is 0.232. The van der Waals surface area contributed by atoms with Crippen molar-refractivity contribution < 1.29 is 9.59 Å². The van der Waals surface area contributed by atoms with E-state index in [0.29, 0.717) is 6.42 Å². The minimum atomic E-state index is -0.250. The summed E-state index contributed by atoms with van der Waals surface area (Å²) < 4.78 is 0. The first-order valence-corrected chi connectivity index (χ1v) is 19.4. The summed E-state index contributed by atoms with van der Waals surface area (Å²) in [5.41, 5.74) is 0. The molecule has 1 saturated heterocycles. The predicted octanol–water partition coefficient (Wildman–Crippen LogP) is 11.7. The third-order valence-electron chi connectivity index (χ3n) is 8.89. The second-order valence-electron chi connectivity index (χ2n) is 13.1. The Labute approximate surface area is 279 Å².